The first-order valence-electron chi connectivity index (χ1n) is 13.3. The Morgan fingerprint density at radius 3 is 2.47 bits per heavy atom. The summed E-state index contributed by atoms with van der Waals surface area (Å²) in [4.78, 5) is 28.6. The van der Waals surface area contributed by atoms with Crippen molar-refractivity contribution in [3.8, 4) is 22.9 Å². The molecule has 0 aliphatic carbocycles. The van der Waals surface area contributed by atoms with Gasteiger partial charge in [-0.25, -0.2) is 9.78 Å². The molecule has 6 aromatic carbocycles. The van der Waals surface area contributed by atoms with Crippen LogP contribution in [0.25, 0.3) is 54.7 Å². The van der Waals surface area contributed by atoms with E-state index in [2.05, 4.69) is 71.7 Å². The average Bonchev–Trinajstić information content (AvgIpc) is 3.45. The Morgan fingerprint density at radius 2 is 1.63 bits per heavy atom. The first-order chi connectivity index (χ1) is 20.6. The second-order valence-corrected chi connectivity index (χ2v) is 10.2. The molecule has 0 unspecified atom stereocenters. The molecule has 0 radical (unpaired) electrons. The number of ether oxygens (including phenoxy) is 2. The van der Waals surface area contributed by atoms with Crippen molar-refractivity contribution in [2.24, 2.45) is 0 Å². The van der Waals surface area contributed by atoms with Gasteiger partial charge in [-0.2, -0.15) is 0 Å². The number of aromatic amines is 1. The molecule has 0 saturated heterocycles. The first kappa shape index (κ1) is 29.0. The van der Waals surface area contributed by atoms with E-state index < -0.39 is 8.69 Å². The van der Waals surface area contributed by atoms with Crippen LogP contribution in [0.5, 0.6) is 11.5 Å². The molecule has 7 nitrogen and oxygen atoms in total. The van der Waals surface area contributed by atoms with Crippen LogP contribution in [0.2, 0.25) is 0 Å². The minimum atomic E-state index is -1.08. The number of hydrogen-bond donors (Lipinski definition) is 1. The number of nitrogens with zero attached hydrogens (tertiary/aromatic N) is 1. The van der Waals surface area contributed by atoms with Gasteiger partial charge in [0, 0.05) is 17.5 Å². The summed E-state index contributed by atoms with van der Waals surface area (Å²) < 4.78 is 19.5. The number of esters is 1. The zero-order valence-electron chi connectivity index (χ0n) is 23.4. The molecule has 0 spiro atoms. The number of carbonyl (C=O) groups is 1. The van der Waals surface area contributed by atoms with Gasteiger partial charge >= 0.3 is 35.5 Å². The Kier molecular flexibility index (Phi) is 8.01. The van der Waals surface area contributed by atoms with Crippen LogP contribution in [0, 0.1) is 0 Å². The standard InChI is InChI=1S/C34H22N2O3.Na.HO2P/c1-38-34(37)22-10-13-29-30(18-22)36-33(35-29)25-7-4-6-19-15-26-20(16-27(19)25)9-11-24-23(26)12-14-32-28(24)17-21-5-2-3-8-31(21)39-32;;1-3-2/h2-16,18H,17H2,1H3,(H,35,36);;(H,1,2)/q;+1;/p-1. The molecule has 204 valence electrons. The normalized spacial score (nSPS) is 11.8. The molecule has 8 rings (SSSR count). The summed E-state index contributed by atoms with van der Waals surface area (Å²) in [7, 11) is 0.299. The number of nitrogens with one attached hydrogen (secondary N) is 1. The average molecular weight is 593 g/mol. The van der Waals surface area contributed by atoms with Crippen molar-refractivity contribution in [3.63, 3.8) is 0 Å². The number of hydrogen-bond acceptors (Lipinski definition) is 6. The number of fused-ring (bicyclic) bond motifs is 8. The zero-order chi connectivity index (χ0) is 28.8. The number of H-pyrrole nitrogens is 1. The molecule has 1 aromatic heterocycles. The topological polar surface area (TPSA) is 104 Å². The van der Waals surface area contributed by atoms with Gasteiger partial charge in [-0.3, -0.25) is 4.57 Å². The minimum absolute atomic E-state index is 0. The largest absolute Gasteiger partial charge is 1.00 e. The number of rotatable bonds is 2. The van der Waals surface area contributed by atoms with Gasteiger partial charge in [0.05, 0.1) is 32.4 Å². The predicted octanol–water partition coefficient (Wildman–Crippen LogP) is 4.73. The molecule has 0 fully saturated rings. The van der Waals surface area contributed by atoms with E-state index in [4.69, 9.17) is 23.9 Å². The zero-order valence-corrected chi connectivity index (χ0v) is 26.3. The van der Waals surface area contributed by atoms with E-state index in [9.17, 15) is 4.79 Å². The summed E-state index contributed by atoms with van der Waals surface area (Å²) in [6.07, 6.45) is 0.857. The van der Waals surface area contributed by atoms with Gasteiger partial charge in [-0.15, -0.1) is 0 Å². The van der Waals surface area contributed by atoms with Crippen LogP contribution >= 0.6 is 8.69 Å². The van der Waals surface area contributed by atoms with Crippen LogP contribution in [0.1, 0.15) is 21.5 Å². The fraction of sp³-hybridized carbons (Fsp3) is 0.0588. The van der Waals surface area contributed by atoms with Crippen molar-refractivity contribution in [1.29, 1.82) is 0 Å². The van der Waals surface area contributed by atoms with Crippen molar-refractivity contribution in [2.75, 3.05) is 7.11 Å². The van der Waals surface area contributed by atoms with Crippen molar-refractivity contribution in [3.05, 3.63) is 114 Å². The predicted molar refractivity (Wildman–Crippen MR) is 162 cm³/mol. The van der Waals surface area contributed by atoms with E-state index in [-0.39, 0.29) is 35.5 Å². The third-order valence-electron chi connectivity index (χ3n) is 7.80. The van der Waals surface area contributed by atoms with Crippen molar-refractivity contribution in [2.45, 2.75) is 6.42 Å². The summed E-state index contributed by atoms with van der Waals surface area (Å²) in [5.74, 6) is 2.27. The fourth-order valence-corrected chi connectivity index (χ4v) is 5.88. The molecule has 43 heavy (non-hydrogen) atoms. The molecule has 0 saturated carbocycles. The second kappa shape index (κ2) is 11.9. The van der Waals surface area contributed by atoms with E-state index >= 15 is 0 Å². The summed E-state index contributed by atoms with van der Waals surface area (Å²) in [5.41, 5.74) is 5.54. The fourth-order valence-electron chi connectivity index (χ4n) is 5.88. The van der Waals surface area contributed by atoms with E-state index in [1.165, 1.54) is 39.8 Å². The smallest absolute Gasteiger partial charge is 0.772 e. The number of benzene rings is 6. The molecule has 1 aliphatic heterocycles. The number of imidazole rings is 1. The van der Waals surface area contributed by atoms with Crippen LogP contribution in [0.3, 0.4) is 0 Å². The summed E-state index contributed by atoms with van der Waals surface area (Å²) >= 11 is 0. The molecule has 0 atom stereocenters. The van der Waals surface area contributed by atoms with E-state index in [1.54, 1.807) is 12.1 Å². The SMILES string of the molecule is COC(=O)c1ccc2[nH]c(-c3cccc4cc5c(ccc6c7c(ccc65)Oc5ccccc5C7)cc34)nc2c1.O=P[O-].[Na+]. The molecule has 1 N–H and O–H groups in total. The number of para-hydroxylation sites is 1. The van der Waals surface area contributed by atoms with Crippen LogP contribution in [0.15, 0.2) is 97.1 Å². The Hall–Kier alpha value is -4.10. The maximum Gasteiger partial charge on any atom is 1.00 e. The minimum Gasteiger partial charge on any atom is -0.772 e. The van der Waals surface area contributed by atoms with Gasteiger partial charge in [-0.05, 0) is 80.3 Å². The van der Waals surface area contributed by atoms with Gasteiger partial charge in [-0.1, -0.05) is 54.6 Å². The maximum atomic E-state index is 12.0. The Morgan fingerprint density at radius 1 is 0.860 bits per heavy atom. The molecule has 0 amide bonds. The molecule has 7 aromatic rings. The molecule has 2 heterocycles. The Balaban J connectivity index is 0.000000792. The van der Waals surface area contributed by atoms with Gasteiger partial charge < -0.3 is 19.4 Å². The second-order valence-electron chi connectivity index (χ2n) is 10.1. The van der Waals surface area contributed by atoms with Crippen molar-refractivity contribution in [1.82, 2.24) is 9.97 Å². The number of aromatic nitrogens is 2. The third-order valence-corrected chi connectivity index (χ3v) is 7.80. The Bertz CT molecular complexity index is 2210. The van der Waals surface area contributed by atoms with Gasteiger partial charge in [0.1, 0.15) is 17.3 Å². The molecular weight excluding hydrogens is 570 g/mol. The third kappa shape index (κ3) is 5.10. The number of carbonyl (C=O) groups excluding carboxylic acids is 1. The van der Waals surface area contributed by atoms with Crippen LogP contribution in [-0.4, -0.2) is 23.0 Å². The van der Waals surface area contributed by atoms with E-state index in [0.29, 0.717) is 5.56 Å². The Labute approximate surface area is 270 Å². The quantitative estimate of drug-likeness (QED) is 0.102. The molecular formula is C34H22N2NaO5P. The summed E-state index contributed by atoms with van der Waals surface area (Å²) in [6, 6.07) is 33.2. The molecule has 0 bridgehead atoms. The van der Waals surface area contributed by atoms with Gasteiger partial charge in [0.25, 0.3) is 0 Å². The molecule has 1 aliphatic rings. The van der Waals surface area contributed by atoms with Crippen LogP contribution in [0.4, 0.5) is 0 Å². The van der Waals surface area contributed by atoms with E-state index in [0.717, 1.165) is 51.1 Å². The van der Waals surface area contributed by atoms with Crippen LogP contribution < -0.4 is 39.2 Å². The molecule has 9 heteroatoms. The van der Waals surface area contributed by atoms with Gasteiger partial charge in [0.2, 0.25) is 0 Å². The van der Waals surface area contributed by atoms with Crippen molar-refractivity contribution < 1.29 is 53.3 Å². The van der Waals surface area contributed by atoms with Gasteiger partial charge in [0.15, 0.2) is 0 Å². The maximum absolute atomic E-state index is 12.0. The van der Waals surface area contributed by atoms with Crippen LogP contribution in [-0.2, 0) is 15.7 Å². The number of methoxy groups -OCH3 is 1. The summed E-state index contributed by atoms with van der Waals surface area (Å²) in [6.45, 7) is 0. The van der Waals surface area contributed by atoms with E-state index in [1.807, 2.05) is 18.2 Å². The monoisotopic (exact) mass is 592 g/mol. The first-order valence-corrected chi connectivity index (χ1v) is 14.0. The summed E-state index contributed by atoms with van der Waals surface area (Å²) in [5, 5.41) is 7.09. The van der Waals surface area contributed by atoms with Crippen molar-refractivity contribution >= 4 is 58.0 Å².